The minimum absolute atomic E-state index is 0.00667. The summed E-state index contributed by atoms with van der Waals surface area (Å²) in [7, 11) is 1.68. The normalized spacial score (nSPS) is 18.7. The third-order valence-corrected chi connectivity index (χ3v) is 6.40. The molecule has 3 heterocycles. The fourth-order valence-corrected chi connectivity index (χ4v) is 4.28. The van der Waals surface area contributed by atoms with Gasteiger partial charge in [-0.3, -0.25) is 14.5 Å². The van der Waals surface area contributed by atoms with E-state index in [0.717, 1.165) is 44.9 Å². The summed E-state index contributed by atoms with van der Waals surface area (Å²) >= 11 is 0. The number of carbonyl (C=O) groups excluding carboxylic acids is 2. The Morgan fingerprint density at radius 1 is 1.21 bits per heavy atom. The van der Waals surface area contributed by atoms with E-state index in [4.69, 9.17) is 4.74 Å². The summed E-state index contributed by atoms with van der Waals surface area (Å²) < 4.78 is 6.77. The summed E-state index contributed by atoms with van der Waals surface area (Å²) in [5, 5.41) is 13.8. The van der Waals surface area contributed by atoms with E-state index in [1.807, 2.05) is 26.0 Å². The molecule has 2 N–H and O–H groups in total. The molecule has 1 fully saturated rings. The van der Waals surface area contributed by atoms with Gasteiger partial charge in [0.15, 0.2) is 11.4 Å². The van der Waals surface area contributed by atoms with Crippen molar-refractivity contribution < 1.29 is 14.3 Å². The molecule has 2 aliphatic rings. The molecule has 1 saturated heterocycles. The van der Waals surface area contributed by atoms with Crippen molar-refractivity contribution in [2.24, 2.45) is 5.92 Å². The van der Waals surface area contributed by atoms with Crippen LogP contribution < -0.4 is 20.3 Å². The number of hydrogen-bond donors (Lipinski definition) is 2. The van der Waals surface area contributed by atoms with Crippen molar-refractivity contribution in [3.05, 3.63) is 35.7 Å². The zero-order valence-electron chi connectivity index (χ0n) is 19.6. The van der Waals surface area contributed by atoms with Crippen LogP contribution >= 0.6 is 0 Å². The molecule has 2 aromatic rings. The number of methoxy groups -OCH3 is 1. The molecule has 33 heavy (non-hydrogen) atoms. The van der Waals surface area contributed by atoms with Crippen molar-refractivity contribution in [1.82, 2.24) is 30.5 Å². The van der Waals surface area contributed by atoms with Crippen LogP contribution in [0.15, 0.2) is 24.3 Å². The highest BCUT2D eigenvalue weighted by Gasteiger charge is 2.32. The Hall–Kier alpha value is -3.14. The quantitative estimate of drug-likeness (QED) is 0.572. The van der Waals surface area contributed by atoms with Gasteiger partial charge in [-0.2, -0.15) is 0 Å². The zero-order chi connectivity index (χ0) is 23.4. The highest BCUT2D eigenvalue weighted by atomic mass is 16.5. The maximum absolute atomic E-state index is 12.6. The molecule has 4 rings (SSSR count). The van der Waals surface area contributed by atoms with Crippen LogP contribution in [0.2, 0.25) is 0 Å². The van der Waals surface area contributed by atoms with Crippen LogP contribution in [0.4, 0.5) is 5.69 Å². The molecule has 2 amide bonds. The third kappa shape index (κ3) is 5.27. The van der Waals surface area contributed by atoms with Gasteiger partial charge in [0.2, 0.25) is 0 Å². The predicted molar refractivity (Wildman–Crippen MR) is 125 cm³/mol. The molecular weight excluding hydrogens is 422 g/mol. The highest BCUT2D eigenvalue weighted by Crippen LogP contribution is 2.20. The lowest BCUT2D eigenvalue weighted by Crippen LogP contribution is -2.48. The van der Waals surface area contributed by atoms with E-state index in [1.54, 1.807) is 11.8 Å². The SMILES string of the molecule is COc1ccc(N2CCN(CCCNC(=O)c3nnn4c3C(=O)N[C@@H](C(C)C)C4)CC2)cc1. The van der Waals surface area contributed by atoms with Crippen LogP contribution in [0.5, 0.6) is 5.75 Å². The van der Waals surface area contributed by atoms with Gasteiger partial charge in [-0.05, 0) is 43.1 Å². The summed E-state index contributed by atoms with van der Waals surface area (Å²) in [6.45, 7) is 9.95. The Balaban J connectivity index is 1.20. The molecule has 10 heteroatoms. The second kappa shape index (κ2) is 10.2. The van der Waals surface area contributed by atoms with Crippen LogP contribution in [0.25, 0.3) is 0 Å². The monoisotopic (exact) mass is 455 g/mol. The second-order valence-corrected chi connectivity index (χ2v) is 8.93. The summed E-state index contributed by atoms with van der Waals surface area (Å²) in [5.41, 5.74) is 1.56. The Kier molecular flexibility index (Phi) is 7.12. The predicted octanol–water partition coefficient (Wildman–Crippen LogP) is 0.997. The number of rotatable bonds is 8. The summed E-state index contributed by atoms with van der Waals surface area (Å²) in [6, 6.07) is 8.16. The fraction of sp³-hybridized carbons (Fsp3) is 0.565. The van der Waals surface area contributed by atoms with E-state index in [2.05, 4.69) is 42.9 Å². The lowest BCUT2D eigenvalue weighted by molar-refractivity contribution is 0.0861. The molecular formula is C23H33N7O3. The van der Waals surface area contributed by atoms with Gasteiger partial charge in [0, 0.05) is 38.4 Å². The molecule has 10 nitrogen and oxygen atoms in total. The molecule has 0 unspecified atom stereocenters. The van der Waals surface area contributed by atoms with E-state index < -0.39 is 0 Å². The summed E-state index contributed by atoms with van der Waals surface area (Å²) in [6.07, 6.45) is 0.833. The van der Waals surface area contributed by atoms with Crippen LogP contribution in [0, 0.1) is 5.92 Å². The fourth-order valence-electron chi connectivity index (χ4n) is 4.28. The second-order valence-electron chi connectivity index (χ2n) is 8.93. The maximum atomic E-state index is 12.6. The average Bonchev–Trinajstić information content (AvgIpc) is 3.27. The number of ether oxygens (including phenoxy) is 1. The number of hydrogen-bond acceptors (Lipinski definition) is 7. The first-order valence-corrected chi connectivity index (χ1v) is 11.6. The molecule has 178 valence electrons. The first kappa shape index (κ1) is 23.0. The van der Waals surface area contributed by atoms with Gasteiger partial charge in [-0.15, -0.1) is 5.10 Å². The van der Waals surface area contributed by atoms with E-state index in [1.165, 1.54) is 5.69 Å². The van der Waals surface area contributed by atoms with Crippen molar-refractivity contribution in [2.75, 3.05) is 51.3 Å². The molecule has 0 radical (unpaired) electrons. The molecule has 0 saturated carbocycles. The average molecular weight is 456 g/mol. The molecule has 0 spiro atoms. The van der Waals surface area contributed by atoms with Gasteiger partial charge in [0.25, 0.3) is 11.8 Å². The van der Waals surface area contributed by atoms with Crippen molar-refractivity contribution in [3.8, 4) is 5.75 Å². The standard InChI is InChI=1S/C23H33N7O3/c1-16(2)19-15-30-21(23(32)25-19)20(26-27-30)22(31)24-9-4-10-28-11-13-29(14-12-28)17-5-7-18(33-3)8-6-17/h5-8,16,19H,4,9-15H2,1-3H3,(H,24,31)(H,25,32)/t19-/m1/s1. The molecule has 1 atom stereocenters. The Bertz CT molecular complexity index is 965. The molecule has 0 bridgehead atoms. The number of anilines is 1. The molecule has 0 aliphatic carbocycles. The lowest BCUT2D eigenvalue weighted by Gasteiger charge is -2.36. The van der Waals surface area contributed by atoms with Crippen molar-refractivity contribution in [1.29, 1.82) is 0 Å². The van der Waals surface area contributed by atoms with Crippen LogP contribution in [0.1, 0.15) is 41.2 Å². The smallest absolute Gasteiger partial charge is 0.274 e. The molecule has 2 aliphatic heterocycles. The van der Waals surface area contributed by atoms with Gasteiger partial charge >= 0.3 is 0 Å². The first-order chi connectivity index (χ1) is 16.0. The van der Waals surface area contributed by atoms with Crippen LogP contribution in [0.3, 0.4) is 0 Å². The number of aromatic nitrogens is 3. The van der Waals surface area contributed by atoms with Gasteiger partial charge in [0.1, 0.15) is 5.75 Å². The van der Waals surface area contributed by atoms with Crippen molar-refractivity contribution in [3.63, 3.8) is 0 Å². The number of nitrogens with one attached hydrogen (secondary N) is 2. The Morgan fingerprint density at radius 3 is 2.61 bits per heavy atom. The van der Waals surface area contributed by atoms with E-state index in [9.17, 15) is 9.59 Å². The summed E-state index contributed by atoms with van der Waals surface area (Å²) in [5.74, 6) is 0.511. The van der Waals surface area contributed by atoms with Gasteiger partial charge in [0.05, 0.1) is 19.7 Å². The largest absolute Gasteiger partial charge is 0.497 e. The van der Waals surface area contributed by atoms with E-state index in [0.29, 0.717) is 13.1 Å². The number of carbonyl (C=O) groups is 2. The van der Waals surface area contributed by atoms with Crippen LogP contribution in [-0.2, 0) is 6.54 Å². The number of nitrogens with zero attached hydrogens (tertiary/aromatic N) is 5. The molecule has 1 aromatic carbocycles. The minimum atomic E-state index is -0.348. The molecule has 1 aromatic heterocycles. The third-order valence-electron chi connectivity index (χ3n) is 6.40. The Labute approximate surface area is 194 Å². The van der Waals surface area contributed by atoms with E-state index >= 15 is 0 Å². The zero-order valence-corrected chi connectivity index (χ0v) is 19.6. The van der Waals surface area contributed by atoms with E-state index in [-0.39, 0.29) is 35.2 Å². The summed E-state index contributed by atoms with van der Waals surface area (Å²) in [4.78, 5) is 29.9. The van der Waals surface area contributed by atoms with Gasteiger partial charge in [-0.25, -0.2) is 4.68 Å². The first-order valence-electron chi connectivity index (χ1n) is 11.6. The number of amides is 2. The lowest BCUT2D eigenvalue weighted by atomic mass is 10.0. The highest BCUT2D eigenvalue weighted by molar-refractivity contribution is 6.05. The number of benzene rings is 1. The van der Waals surface area contributed by atoms with Gasteiger partial charge < -0.3 is 20.3 Å². The Morgan fingerprint density at radius 2 is 1.94 bits per heavy atom. The number of piperazine rings is 1. The van der Waals surface area contributed by atoms with Crippen molar-refractivity contribution in [2.45, 2.75) is 32.9 Å². The van der Waals surface area contributed by atoms with Crippen LogP contribution in [-0.4, -0.2) is 84.1 Å². The minimum Gasteiger partial charge on any atom is -0.497 e. The van der Waals surface area contributed by atoms with Gasteiger partial charge in [-0.1, -0.05) is 19.1 Å². The maximum Gasteiger partial charge on any atom is 0.274 e. The number of fused-ring (bicyclic) bond motifs is 1. The topological polar surface area (TPSA) is 105 Å². The van der Waals surface area contributed by atoms with Crippen molar-refractivity contribution >= 4 is 17.5 Å².